The van der Waals surface area contributed by atoms with Gasteiger partial charge in [0.05, 0.1) is 0 Å². The zero-order valence-electron chi connectivity index (χ0n) is 14.2. The van der Waals surface area contributed by atoms with Crippen molar-refractivity contribution in [2.75, 3.05) is 19.7 Å². The number of nitrogens with zero attached hydrogens (tertiary/aromatic N) is 1. The molecule has 136 valence electrons. The number of hydrogen-bond acceptors (Lipinski definition) is 3. The summed E-state index contributed by atoms with van der Waals surface area (Å²) in [4.78, 5) is 26.4. The van der Waals surface area contributed by atoms with E-state index in [4.69, 9.17) is 4.74 Å². The molecule has 1 heterocycles. The molecular weight excluding hydrogens is 401 g/mol. The second-order valence-electron chi connectivity index (χ2n) is 6.25. The van der Waals surface area contributed by atoms with Crippen molar-refractivity contribution >= 4 is 27.6 Å². The van der Waals surface area contributed by atoms with Crippen LogP contribution in [0.5, 0.6) is 5.75 Å². The number of benzene rings is 2. The Labute approximate surface area is 160 Å². The maximum Gasteiger partial charge on any atom is 0.260 e. The third-order valence-electron chi connectivity index (χ3n) is 4.52. The normalized spacial score (nSPS) is 14.9. The number of ether oxygens (including phenoxy) is 1. The second kappa shape index (κ2) is 8.45. The van der Waals surface area contributed by atoms with Crippen molar-refractivity contribution in [3.63, 3.8) is 0 Å². The van der Waals surface area contributed by atoms with Crippen LogP contribution in [0.1, 0.15) is 23.2 Å². The van der Waals surface area contributed by atoms with E-state index in [1.807, 2.05) is 30.3 Å². The van der Waals surface area contributed by atoms with Crippen molar-refractivity contribution in [1.29, 1.82) is 0 Å². The molecule has 6 heteroatoms. The predicted molar refractivity (Wildman–Crippen MR) is 99.7 cm³/mol. The summed E-state index contributed by atoms with van der Waals surface area (Å²) >= 11 is 3.17. The van der Waals surface area contributed by atoms with Crippen molar-refractivity contribution in [2.24, 2.45) is 5.92 Å². The number of piperidine rings is 1. The van der Waals surface area contributed by atoms with Gasteiger partial charge in [-0.25, -0.2) is 4.39 Å². The van der Waals surface area contributed by atoms with Crippen LogP contribution < -0.4 is 4.74 Å². The van der Waals surface area contributed by atoms with Gasteiger partial charge >= 0.3 is 0 Å². The molecule has 4 nitrogen and oxygen atoms in total. The van der Waals surface area contributed by atoms with Crippen LogP contribution in [0.25, 0.3) is 0 Å². The molecule has 0 unspecified atom stereocenters. The lowest BCUT2D eigenvalue weighted by atomic mass is 9.89. The van der Waals surface area contributed by atoms with Gasteiger partial charge in [0, 0.05) is 29.0 Å². The van der Waals surface area contributed by atoms with E-state index in [9.17, 15) is 14.0 Å². The van der Waals surface area contributed by atoms with E-state index in [2.05, 4.69) is 15.9 Å². The largest absolute Gasteiger partial charge is 0.481 e. The molecule has 0 N–H and O–H groups in total. The van der Waals surface area contributed by atoms with Crippen LogP contribution in [0.15, 0.2) is 53.0 Å². The van der Waals surface area contributed by atoms with Crippen LogP contribution in [-0.2, 0) is 4.79 Å². The number of halogens is 2. The molecule has 0 radical (unpaired) electrons. The van der Waals surface area contributed by atoms with Gasteiger partial charge in [-0.1, -0.05) is 46.3 Å². The molecule has 0 aliphatic carbocycles. The second-order valence-corrected chi connectivity index (χ2v) is 7.16. The molecular formula is C20H19BrFNO3. The van der Waals surface area contributed by atoms with Gasteiger partial charge < -0.3 is 9.64 Å². The van der Waals surface area contributed by atoms with Gasteiger partial charge in [-0.2, -0.15) is 0 Å². The first kappa shape index (κ1) is 18.6. The van der Waals surface area contributed by atoms with E-state index >= 15 is 0 Å². The highest BCUT2D eigenvalue weighted by atomic mass is 79.9. The summed E-state index contributed by atoms with van der Waals surface area (Å²) < 4.78 is 19.6. The molecule has 1 amide bonds. The summed E-state index contributed by atoms with van der Waals surface area (Å²) in [6.07, 6.45) is 1.26. The third-order valence-corrected chi connectivity index (χ3v) is 5.02. The summed E-state index contributed by atoms with van der Waals surface area (Å²) in [7, 11) is 0. The molecule has 1 aliphatic heterocycles. The highest BCUT2D eigenvalue weighted by Gasteiger charge is 2.28. The van der Waals surface area contributed by atoms with E-state index in [0.29, 0.717) is 36.0 Å². The monoisotopic (exact) mass is 419 g/mol. The minimum Gasteiger partial charge on any atom is -0.481 e. The highest BCUT2D eigenvalue weighted by molar-refractivity contribution is 9.10. The summed E-state index contributed by atoms with van der Waals surface area (Å²) in [5.74, 6) is -0.592. The number of rotatable bonds is 5. The van der Waals surface area contributed by atoms with Crippen molar-refractivity contribution in [3.8, 4) is 5.75 Å². The summed E-state index contributed by atoms with van der Waals surface area (Å²) in [6, 6.07) is 13.7. The van der Waals surface area contributed by atoms with Crippen LogP contribution in [-0.4, -0.2) is 36.3 Å². The molecule has 3 rings (SSSR count). The molecule has 1 aliphatic rings. The highest BCUT2D eigenvalue weighted by Crippen LogP contribution is 2.23. The van der Waals surface area contributed by atoms with E-state index in [-0.39, 0.29) is 30.0 Å². The summed E-state index contributed by atoms with van der Waals surface area (Å²) in [5, 5.41) is 0. The number of amides is 1. The van der Waals surface area contributed by atoms with Gasteiger partial charge in [-0.3, -0.25) is 9.59 Å². The van der Waals surface area contributed by atoms with Crippen LogP contribution in [0.4, 0.5) is 4.39 Å². The minimum atomic E-state index is -0.514. The Balaban J connectivity index is 1.50. The fourth-order valence-electron chi connectivity index (χ4n) is 3.05. The van der Waals surface area contributed by atoms with E-state index in [1.54, 1.807) is 11.0 Å². The molecule has 0 aromatic heterocycles. The maximum absolute atomic E-state index is 13.7. The van der Waals surface area contributed by atoms with E-state index in [1.165, 1.54) is 12.1 Å². The fourth-order valence-corrected chi connectivity index (χ4v) is 3.39. The minimum absolute atomic E-state index is 0.0516. The Bertz CT molecular complexity index is 789. The average molecular weight is 420 g/mol. The van der Waals surface area contributed by atoms with Crippen LogP contribution >= 0.6 is 15.9 Å². The SMILES string of the molecule is O=C(c1ccccc1)C1CCN(C(=O)COc2ccc(Br)cc2F)CC1. The van der Waals surface area contributed by atoms with Gasteiger partial charge in [0.25, 0.3) is 5.91 Å². The molecule has 0 bridgehead atoms. The molecule has 1 fully saturated rings. The van der Waals surface area contributed by atoms with Crippen LogP contribution in [0.2, 0.25) is 0 Å². The molecule has 2 aromatic rings. The Morgan fingerprint density at radius 2 is 1.81 bits per heavy atom. The zero-order valence-corrected chi connectivity index (χ0v) is 15.7. The predicted octanol–water partition coefficient (Wildman–Crippen LogP) is 4.09. The van der Waals surface area contributed by atoms with Crippen LogP contribution in [0.3, 0.4) is 0 Å². The Morgan fingerprint density at radius 1 is 1.12 bits per heavy atom. The van der Waals surface area contributed by atoms with Gasteiger partial charge in [0.1, 0.15) is 0 Å². The molecule has 0 saturated carbocycles. The molecule has 0 spiro atoms. The molecule has 2 aromatic carbocycles. The lowest BCUT2D eigenvalue weighted by Crippen LogP contribution is -2.42. The first-order valence-corrected chi connectivity index (χ1v) is 9.29. The Kier molecular flexibility index (Phi) is 6.04. The number of ketones is 1. The van der Waals surface area contributed by atoms with Crippen molar-refractivity contribution in [1.82, 2.24) is 4.90 Å². The van der Waals surface area contributed by atoms with Crippen LogP contribution in [0, 0.1) is 11.7 Å². The number of carbonyl (C=O) groups excluding carboxylic acids is 2. The number of carbonyl (C=O) groups is 2. The number of hydrogen-bond donors (Lipinski definition) is 0. The first-order valence-electron chi connectivity index (χ1n) is 8.49. The standard InChI is InChI=1S/C20H19BrFNO3/c21-16-6-7-18(17(22)12-16)26-13-19(24)23-10-8-15(9-11-23)20(25)14-4-2-1-3-5-14/h1-7,12,15H,8-11,13H2. The Hall–Kier alpha value is -2.21. The van der Waals surface area contributed by atoms with Gasteiger partial charge in [-0.05, 0) is 31.0 Å². The lowest BCUT2D eigenvalue weighted by Gasteiger charge is -2.31. The van der Waals surface area contributed by atoms with E-state index in [0.717, 1.165) is 0 Å². The molecule has 26 heavy (non-hydrogen) atoms. The lowest BCUT2D eigenvalue weighted by molar-refractivity contribution is -0.134. The molecule has 1 saturated heterocycles. The third kappa shape index (κ3) is 4.49. The van der Waals surface area contributed by atoms with Gasteiger partial charge in [-0.15, -0.1) is 0 Å². The Morgan fingerprint density at radius 3 is 2.46 bits per heavy atom. The van der Waals surface area contributed by atoms with Crippen molar-refractivity contribution in [2.45, 2.75) is 12.8 Å². The maximum atomic E-state index is 13.7. The van der Waals surface area contributed by atoms with Crippen molar-refractivity contribution in [3.05, 3.63) is 64.4 Å². The van der Waals surface area contributed by atoms with Gasteiger partial charge in [0.2, 0.25) is 0 Å². The van der Waals surface area contributed by atoms with Gasteiger partial charge in [0.15, 0.2) is 24.0 Å². The topological polar surface area (TPSA) is 46.6 Å². The smallest absolute Gasteiger partial charge is 0.260 e. The number of Topliss-reactive ketones (excluding diaryl/α,β-unsaturated/α-hetero) is 1. The summed E-state index contributed by atoms with van der Waals surface area (Å²) in [5.41, 5.74) is 0.714. The van der Waals surface area contributed by atoms with E-state index < -0.39 is 5.82 Å². The first-order chi connectivity index (χ1) is 12.5. The zero-order chi connectivity index (χ0) is 18.5. The quantitative estimate of drug-likeness (QED) is 0.685. The molecule has 0 atom stereocenters. The average Bonchev–Trinajstić information content (AvgIpc) is 2.67. The van der Waals surface area contributed by atoms with Crippen molar-refractivity contribution < 1.29 is 18.7 Å². The summed E-state index contributed by atoms with van der Waals surface area (Å²) in [6.45, 7) is 0.804. The number of likely N-dealkylation sites (tertiary alicyclic amines) is 1. The fraction of sp³-hybridized carbons (Fsp3) is 0.300.